The van der Waals surface area contributed by atoms with Gasteiger partial charge in [-0.15, -0.1) is 0 Å². The maximum absolute atomic E-state index is 13.4. The lowest BCUT2D eigenvalue weighted by atomic mass is 9.77. The minimum atomic E-state index is -0.0676. The first-order valence-electron chi connectivity index (χ1n) is 10.9. The van der Waals surface area contributed by atoms with Crippen molar-refractivity contribution in [3.63, 3.8) is 0 Å². The molecule has 0 N–H and O–H groups in total. The number of fused-ring (bicyclic) bond motifs is 2. The second-order valence-corrected chi connectivity index (χ2v) is 8.53. The Morgan fingerprint density at radius 3 is 2.83 bits per heavy atom. The fraction of sp³-hybridized carbons (Fsp3) is 0.417. The van der Waals surface area contributed by atoms with Gasteiger partial charge in [0.15, 0.2) is 5.82 Å². The number of nitrogens with zero attached hydrogens (tertiary/aromatic N) is 5. The Morgan fingerprint density at radius 2 is 2.03 bits per heavy atom. The molecule has 1 amide bonds. The molecular weight excluding hydrogens is 374 g/mol. The van der Waals surface area contributed by atoms with Crippen LogP contribution >= 0.6 is 0 Å². The Morgan fingerprint density at radius 1 is 1.20 bits per heavy atom. The first-order valence-corrected chi connectivity index (χ1v) is 10.9. The molecule has 30 heavy (non-hydrogen) atoms. The number of likely N-dealkylation sites (tertiary alicyclic amines) is 1. The van der Waals surface area contributed by atoms with E-state index in [9.17, 15) is 4.79 Å². The average Bonchev–Trinajstić information content (AvgIpc) is 3.34. The van der Waals surface area contributed by atoms with E-state index in [4.69, 9.17) is 4.98 Å². The van der Waals surface area contributed by atoms with Crippen LogP contribution in [0.25, 0.3) is 11.4 Å². The lowest BCUT2D eigenvalue weighted by Crippen LogP contribution is -2.48. The zero-order valence-electron chi connectivity index (χ0n) is 17.6. The Balaban J connectivity index is 1.47. The van der Waals surface area contributed by atoms with Crippen molar-refractivity contribution in [1.29, 1.82) is 0 Å². The van der Waals surface area contributed by atoms with Gasteiger partial charge in [-0.1, -0.05) is 30.3 Å². The molecule has 1 aliphatic heterocycles. The number of piperidine rings is 1. The molecule has 2 aromatic heterocycles. The van der Waals surface area contributed by atoms with Crippen molar-refractivity contribution in [3.8, 4) is 11.4 Å². The number of carbonyl (C=O) groups is 1. The third-order valence-corrected chi connectivity index (χ3v) is 6.56. The van der Waals surface area contributed by atoms with E-state index < -0.39 is 0 Å². The van der Waals surface area contributed by atoms with Gasteiger partial charge in [0.05, 0.1) is 11.4 Å². The molecule has 6 heteroatoms. The van der Waals surface area contributed by atoms with Gasteiger partial charge >= 0.3 is 0 Å². The van der Waals surface area contributed by atoms with Crippen molar-refractivity contribution in [2.24, 2.45) is 0 Å². The lowest BCUT2D eigenvalue weighted by Gasteiger charge is -2.40. The summed E-state index contributed by atoms with van der Waals surface area (Å²) in [5, 5.41) is 4.46. The number of benzene rings is 1. The van der Waals surface area contributed by atoms with Crippen LogP contribution in [0.1, 0.15) is 53.6 Å². The van der Waals surface area contributed by atoms with Gasteiger partial charge in [0.25, 0.3) is 5.91 Å². The van der Waals surface area contributed by atoms with Crippen molar-refractivity contribution in [3.05, 3.63) is 65.2 Å². The number of rotatable bonds is 3. The molecule has 0 bridgehead atoms. The number of hydrogen-bond donors (Lipinski definition) is 0. The first-order chi connectivity index (χ1) is 14.6. The van der Waals surface area contributed by atoms with E-state index in [0.717, 1.165) is 61.5 Å². The maximum atomic E-state index is 13.4. The van der Waals surface area contributed by atoms with Crippen LogP contribution in [0.3, 0.4) is 0 Å². The molecule has 1 aromatic carbocycles. The molecule has 1 atom stereocenters. The molecule has 3 heterocycles. The molecule has 0 saturated carbocycles. The summed E-state index contributed by atoms with van der Waals surface area (Å²) < 4.78 is 1.82. The van der Waals surface area contributed by atoms with Crippen LogP contribution < -0.4 is 0 Å². The molecule has 1 saturated heterocycles. The van der Waals surface area contributed by atoms with Gasteiger partial charge in [0.2, 0.25) is 0 Å². The predicted molar refractivity (Wildman–Crippen MR) is 115 cm³/mol. The molecule has 2 aliphatic rings. The van der Waals surface area contributed by atoms with Gasteiger partial charge in [-0.25, -0.2) is 9.97 Å². The van der Waals surface area contributed by atoms with Crippen molar-refractivity contribution in [1.82, 2.24) is 24.6 Å². The van der Waals surface area contributed by atoms with Gasteiger partial charge in [-0.3, -0.25) is 9.48 Å². The number of aryl methyl sites for hydroxylation is 3. The van der Waals surface area contributed by atoms with E-state index in [1.807, 2.05) is 66.0 Å². The Labute approximate surface area is 177 Å². The van der Waals surface area contributed by atoms with Crippen LogP contribution in [0.2, 0.25) is 0 Å². The van der Waals surface area contributed by atoms with Crippen LogP contribution in [0.15, 0.2) is 42.6 Å². The molecule has 154 valence electrons. The second kappa shape index (κ2) is 7.35. The van der Waals surface area contributed by atoms with Gasteiger partial charge in [-0.05, 0) is 51.2 Å². The number of carbonyl (C=O) groups excluding carboxylic acids is 1. The molecule has 0 radical (unpaired) electrons. The van der Waals surface area contributed by atoms with Gasteiger partial charge in [-0.2, -0.15) is 5.10 Å². The zero-order chi connectivity index (χ0) is 20.7. The minimum absolute atomic E-state index is 0.0676. The molecule has 1 fully saturated rings. The highest BCUT2D eigenvalue weighted by Crippen LogP contribution is 2.44. The van der Waals surface area contributed by atoms with E-state index in [0.29, 0.717) is 12.2 Å². The monoisotopic (exact) mass is 401 g/mol. The first kappa shape index (κ1) is 19.0. The summed E-state index contributed by atoms with van der Waals surface area (Å²) >= 11 is 0. The predicted octanol–water partition coefficient (Wildman–Crippen LogP) is 3.79. The Hall–Kier alpha value is -3.02. The molecular formula is C24H27N5O. The fourth-order valence-electron chi connectivity index (χ4n) is 5.09. The van der Waals surface area contributed by atoms with E-state index in [-0.39, 0.29) is 11.3 Å². The zero-order valence-corrected chi connectivity index (χ0v) is 17.6. The molecule has 3 aromatic rings. The van der Waals surface area contributed by atoms with Crippen LogP contribution in [-0.2, 0) is 18.4 Å². The summed E-state index contributed by atoms with van der Waals surface area (Å²) in [5.41, 5.74) is 4.93. The largest absolute Gasteiger partial charge is 0.336 e. The van der Waals surface area contributed by atoms with Crippen LogP contribution in [0.4, 0.5) is 0 Å². The van der Waals surface area contributed by atoms with E-state index in [2.05, 4.69) is 10.1 Å². The highest BCUT2D eigenvalue weighted by molar-refractivity contribution is 5.93. The average molecular weight is 402 g/mol. The molecule has 6 nitrogen and oxygen atoms in total. The summed E-state index contributed by atoms with van der Waals surface area (Å²) in [5.74, 6) is 0.862. The lowest BCUT2D eigenvalue weighted by molar-refractivity contribution is 0.0621. The number of amides is 1. The van der Waals surface area contributed by atoms with Crippen molar-refractivity contribution in [2.75, 3.05) is 13.1 Å². The second-order valence-electron chi connectivity index (χ2n) is 8.53. The smallest absolute Gasteiger partial charge is 0.272 e. The third-order valence-electron chi connectivity index (χ3n) is 6.56. The van der Waals surface area contributed by atoms with Crippen LogP contribution in [0, 0.1) is 6.92 Å². The van der Waals surface area contributed by atoms with Crippen LogP contribution in [0.5, 0.6) is 0 Å². The normalized spacial score (nSPS) is 20.5. The molecule has 1 unspecified atom stereocenters. The van der Waals surface area contributed by atoms with Crippen molar-refractivity contribution in [2.45, 2.75) is 51.5 Å². The van der Waals surface area contributed by atoms with Crippen molar-refractivity contribution >= 4 is 5.91 Å². The maximum Gasteiger partial charge on any atom is 0.272 e. The number of aromatic nitrogens is 4. The third kappa shape index (κ3) is 3.11. The van der Waals surface area contributed by atoms with E-state index in [1.165, 1.54) is 5.56 Å². The fourth-order valence-corrected chi connectivity index (χ4v) is 5.09. The minimum Gasteiger partial charge on any atom is -0.336 e. The highest BCUT2D eigenvalue weighted by atomic mass is 16.2. The van der Waals surface area contributed by atoms with E-state index in [1.54, 1.807) is 0 Å². The Bertz CT molecular complexity index is 1090. The molecule has 5 rings (SSSR count). The van der Waals surface area contributed by atoms with Crippen molar-refractivity contribution < 1.29 is 4.79 Å². The molecule has 1 aliphatic carbocycles. The SMILES string of the molecule is CCn1nc(C)cc1C(=O)N1CCCC2(CCc3cnc(-c4ccccc4)nc32)C1. The van der Waals surface area contributed by atoms with Gasteiger partial charge in [0.1, 0.15) is 5.69 Å². The summed E-state index contributed by atoms with van der Waals surface area (Å²) in [4.78, 5) is 25.0. The Kier molecular flexibility index (Phi) is 4.65. The summed E-state index contributed by atoms with van der Waals surface area (Å²) in [7, 11) is 0. The molecule has 1 spiro atoms. The van der Waals surface area contributed by atoms with Gasteiger partial charge in [0, 0.05) is 36.8 Å². The van der Waals surface area contributed by atoms with Crippen LogP contribution in [-0.4, -0.2) is 43.6 Å². The van der Waals surface area contributed by atoms with Gasteiger partial charge < -0.3 is 4.90 Å². The number of hydrogen-bond acceptors (Lipinski definition) is 4. The quantitative estimate of drug-likeness (QED) is 0.670. The van der Waals surface area contributed by atoms with E-state index >= 15 is 0 Å². The summed E-state index contributed by atoms with van der Waals surface area (Å²) in [6.45, 7) is 6.18. The highest BCUT2D eigenvalue weighted by Gasteiger charge is 2.45. The summed E-state index contributed by atoms with van der Waals surface area (Å²) in [6.07, 6.45) is 6.08. The summed E-state index contributed by atoms with van der Waals surface area (Å²) in [6, 6.07) is 12.0. The topological polar surface area (TPSA) is 63.9 Å². The standard InChI is InChI=1S/C24H27N5O/c1-3-29-20(14-17(2)27-29)23(30)28-13-7-11-24(16-28)12-10-19-15-25-22(26-21(19)24)18-8-5-4-6-9-18/h4-6,8-9,14-15H,3,7,10-13,16H2,1-2H3.